The van der Waals surface area contributed by atoms with Crippen LogP contribution in [0.1, 0.15) is 24.4 Å². The Balaban J connectivity index is 2.00. The van der Waals surface area contributed by atoms with Crippen LogP contribution in [0.15, 0.2) is 30.3 Å². The number of nitrogens with one attached hydrogen (secondary N) is 1. The predicted octanol–water partition coefficient (Wildman–Crippen LogP) is 2.98. The molecule has 1 N–H and O–H groups in total. The largest absolute Gasteiger partial charge is 0.401 e. The molecule has 5 heteroatoms. The van der Waals surface area contributed by atoms with Crippen molar-refractivity contribution in [2.24, 2.45) is 0 Å². The van der Waals surface area contributed by atoms with Crippen molar-refractivity contribution >= 4 is 0 Å². The van der Waals surface area contributed by atoms with Gasteiger partial charge in [-0.05, 0) is 31.5 Å². The number of hydrogen-bond donors (Lipinski definition) is 1. The first-order valence-electron chi connectivity index (χ1n) is 6.62. The monoisotopic (exact) mass is 272 g/mol. The van der Waals surface area contributed by atoms with E-state index in [1.165, 1.54) is 0 Å². The minimum absolute atomic E-state index is 0.263. The average molecular weight is 272 g/mol. The third-order valence-corrected chi connectivity index (χ3v) is 3.39. The Morgan fingerprint density at radius 3 is 2.32 bits per heavy atom. The molecule has 1 saturated heterocycles. The molecule has 1 aliphatic heterocycles. The van der Waals surface area contributed by atoms with E-state index < -0.39 is 12.7 Å². The molecular weight excluding hydrogens is 253 g/mol. The lowest BCUT2D eigenvalue weighted by atomic mass is 10.1. The molecule has 1 heterocycles. The van der Waals surface area contributed by atoms with Crippen molar-refractivity contribution in [3.05, 3.63) is 35.9 Å². The molecule has 0 aromatic heterocycles. The van der Waals surface area contributed by atoms with Gasteiger partial charge in [0.25, 0.3) is 0 Å². The van der Waals surface area contributed by atoms with Gasteiger partial charge in [0.05, 0.1) is 6.54 Å². The first kappa shape index (κ1) is 14.3. The number of rotatable bonds is 5. The number of likely N-dealkylation sites (tertiary alicyclic amines) is 1. The van der Waals surface area contributed by atoms with Crippen molar-refractivity contribution in [1.29, 1.82) is 0 Å². The third-order valence-electron chi connectivity index (χ3n) is 3.39. The molecule has 1 aromatic rings. The fraction of sp³-hybridized carbons (Fsp3) is 0.571. The fourth-order valence-corrected chi connectivity index (χ4v) is 2.44. The number of hydrogen-bond acceptors (Lipinski definition) is 2. The maximum absolute atomic E-state index is 12.4. The van der Waals surface area contributed by atoms with Crippen LogP contribution < -0.4 is 5.32 Å². The van der Waals surface area contributed by atoms with Gasteiger partial charge in [-0.15, -0.1) is 0 Å². The van der Waals surface area contributed by atoms with Gasteiger partial charge in [-0.25, -0.2) is 0 Å². The maximum Gasteiger partial charge on any atom is 0.401 e. The SMILES string of the molecule is FC(F)(F)CNC(CN1CCCC1)c1ccccc1. The molecule has 19 heavy (non-hydrogen) atoms. The molecule has 1 atom stereocenters. The lowest BCUT2D eigenvalue weighted by Gasteiger charge is -2.25. The smallest absolute Gasteiger partial charge is 0.301 e. The van der Waals surface area contributed by atoms with E-state index in [0.29, 0.717) is 6.54 Å². The van der Waals surface area contributed by atoms with Crippen LogP contribution in [0.4, 0.5) is 13.2 Å². The highest BCUT2D eigenvalue weighted by atomic mass is 19.4. The van der Waals surface area contributed by atoms with Crippen LogP contribution in [0.2, 0.25) is 0 Å². The lowest BCUT2D eigenvalue weighted by molar-refractivity contribution is -0.126. The highest BCUT2D eigenvalue weighted by Crippen LogP contribution is 2.20. The predicted molar refractivity (Wildman–Crippen MR) is 68.9 cm³/mol. The summed E-state index contributed by atoms with van der Waals surface area (Å²) in [6, 6.07) is 9.10. The first-order valence-corrected chi connectivity index (χ1v) is 6.62. The summed E-state index contributed by atoms with van der Waals surface area (Å²) in [5.74, 6) is 0. The Kier molecular flexibility index (Phi) is 4.82. The molecule has 2 rings (SSSR count). The molecule has 2 nitrogen and oxygen atoms in total. The van der Waals surface area contributed by atoms with Crippen LogP contribution in [0.5, 0.6) is 0 Å². The standard InChI is InChI=1S/C14H19F3N2/c15-14(16,17)11-18-13(10-19-8-4-5-9-19)12-6-2-1-3-7-12/h1-3,6-7,13,18H,4-5,8-11H2. The summed E-state index contributed by atoms with van der Waals surface area (Å²) in [6.07, 6.45) is -1.89. The topological polar surface area (TPSA) is 15.3 Å². The molecule has 0 radical (unpaired) electrons. The van der Waals surface area contributed by atoms with E-state index in [1.807, 2.05) is 30.3 Å². The Morgan fingerprint density at radius 1 is 1.11 bits per heavy atom. The zero-order valence-corrected chi connectivity index (χ0v) is 10.8. The van der Waals surface area contributed by atoms with Gasteiger partial charge in [0.15, 0.2) is 0 Å². The molecule has 1 unspecified atom stereocenters. The third kappa shape index (κ3) is 4.84. The summed E-state index contributed by atoms with van der Waals surface area (Å²) < 4.78 is 37.1. The molecule has 1 aromatic carbocycles. The molecule has 0 bridgehead atoms. The molecule has 0 amide bonds. The van der Waals surface area contributed by atoms with Crippen molar-refractivity contribution < 1.29 is 13.2 Å². The normalized spacial score (nSPS) is 18.7. The van der Waals surface area contributed by atoms with E-state index in [1.54, 1.807) is 0 Å². The Hall–Kier alpha value is -1.07. The van der Waals surface area contributed by atoms with Gasteiger partial charge in [-0.1, -0.05) is 30.3 Å². The van der Waals surface area contributed by atoms with E-state index >= 15 is 0 Å². The summed E-state index contributed by atoms with van der Waals surface area (Å²) >= 11 is 0. The molecular formula is C14H19F3N2. The molecule has 1 aliphatic rings. The molecule has 106 valence electrons. The fourth-order valence-electron chi connectivity index (χ4n) is 2.44. The quantitative estimate of drug-likeness (QED) is 0.886. The Labute approximate surface area is 111 Å². The van der Waals surface area contributed by atoms with Crippen LogP contribution in [-0.2, 0) is 0 Å². The van der Waals surface area contributed by atoms with Gasteiger partial charge in [0.1, 0.15) is 0 Å². The highest BCUT2D eigenvalue weighted by molar-refractivity contribution is 5.19. The van der Waals surface area contributed by atoms with Crippen molar-refractivity contribution in [2.45, 2.75) is 25.1 Å². The zero-order valence-electron chi connectivity index (χ0n) is 10.8. The van der Waals surface area contributed by atoms with Crippen LogP contribution >= 0.6 is 0 Å². The molecule has 1 fully saturated rings. The van der Waals surface area contributed by atoms with E-state index in [0.717, 1.165) is 31.5 Å². The summed E-state index contributed by atoms with van der Waals surface area (Å²) in [5.41, 5.74) is 0.915. The molecule has 0 spiro atoms. The summed E-state index contributed by atoms with van der Waals surface area (Å²) in [5, 5.41) is 2.64. The Morgan fingerprint density at radius 2 is 1.74 bits per heavy atom. The number of halogens is 3. The second-order valence-corrected chi connectivity index (χ2v) is 4.97. The Bertz CT molecular complexity index is 372. The van der Waals surface area contributed by atoms with Crippen LogP contribution in [0.3, 0.4) is 0 Å². The van der Waals surface area contributed by atoms with Gasteiger partial charge in [0, 0.05) is 12.6 Å². The van der Waals surface area contributed by atoms with Crippen molar-refractivity contribution in [2.75, 3.05) is 26.2 Å². The highest BCUT2D eigenvalue weighted by Gasteiger charge is 2.29. The van der Waals surface area contributed by atoms with E-state index in [-0.39, 0.29) is 6.04 Å². The first-order chi connectivity index (χ1) is 9.04. The minimum atomic E-state index is -4.17. The van der Waals surface area contributed by atoms with Crippen molar-refractivity contribution in [3.63, 3.8) is 0 Å². The number of benzene rings is 1. The zero-order chi connectivity index (χ0) is 13.7. The van der Waals surface area contributed by atoms with E-state index in [9.17, 15) is 13.2 Å². The lowest BCUT2D eigenvalue weighted by Crippen LogP contribution is -2.38. The van der Waals surface area contributed by atoms with Crippen molar-refractivity contribution in [1.82, 2.24) is 10.2 Å². The average Bonchev–Trinajstić information content (AvgIpc) is 2.87. The van der Waals surface area contributed by atoms with Gasteiger partial charge in [0.2, 0.25) is 0 Å². The van der Waals surface area contributed by atoms with Crippen LogP contribution in [0, 0.1) is 0 Å². The van der Waals surface area contributed by atoms with Gasteiger partial charge >= 0.3 is 6.18 Å². The summed E-state index contributed by atoms with van der Waals surface area (Å²) in [7, 11) is 0. The van der Waals surface area contributed by atoms with Gasteiger partial charge in [-0.2, -0.15) is 13.2 Å². The van der Waals surface area contributed by atoms with E-state index in [4.69, 9.17) is 0 Å². The molecule has 0 aliphatic carbocycles. The van der Waals surface area contributed by atoms with Gasteiger partial charge < -0.3 is 10.2 Å². The van der Waals surface area contributed by atoms with Gasteiger partial charge in [-0.3, -0.25) is 0 Å². The molecule has 0 saturated carbocycles. The number of alkyl halides is 3. The summed E-state index contributed by atoms with van der Waals surface area (Å²) in [4.78, 5) is 2.22. The maximum atomic E-state index is 12.4. The number of nitrogens with zero attached hydrogens (tertiary/aromatic N) is 1. The van der Waals surface area contributed by atoms with Crippen LogP contribution in [0.25, 0.3) is 0 Å². The second-order valence-electron chi connectivity index (χ2n) is 4.97. The summed E-state index contributed by atoms with van der Waals surface area (Å²) in [6.45, 7) is 1.66. The minimum Gasteiger partial charge on any atom is -0.301 e. The van der Waals surface area contributed by atoms with Crippen molar-refractivity contribution in [3.8, 4) is 0 Å². The van der Waals surface area contributed by atoms with Crippen LogP contribution in [-0.4, -0.2) is 37.3 Å². The second kappa shape index (κ2) is 6.39. The van der Waals surface area contributed by atoms with E-state index in [2.05, 4.69) is 10.2 Å².